The largest absolute Gasteiger partial charge is 0.480 e. The maximum Gasteiger partial charge on any atom is 0.317 e. The van der Waals surface area contributed by atoms with E-state index in [0.717, 1.165) is 99.7 Å². The lowest BCUT2D eigenvalue weighted by Crippen LogP contribution is -2.52. The summed E-state index contributed by atoms with van der Waals surface area (Å²) in [5, 5.41) is 47.8. The first kappa shape index (κ1) is 101. The van der Waals surface area contributed by atoms with E-state index in [4.69, 9.17) is 18.9 Å². The van der Waals surface area contributed by atoms with Crippen LogP contribution in [0.5, 0.6) is 0 Å². The lowest BCUT2D eigenvalue weighted by molar-refractivity contribution is -0.171. The van der Waals surface area contributed by atoms with Crippen molar-refractivity contribution in [2.24, 2.45) is 11.8 Å². The molecule has 5 N–H and O–H groups in total. The number of nitrogens with zero attached hydrogens (tertiary/aromatic N) is 3. The van der Waals surface area contributed by atoms with Gasteiger partial charge in [0.15, 0.2) is 6.10 Å². The Morgan fingerprint density at radius 3 is 0.821 bits per heavy atom. The van der Waals surface area contributed by atoms with Gasteiger partial charge in [0.05, 0.1) is 50.6 Å². The third-order valence-corrected chi connectivity index (χ3v) is 20.6. The van der Waals surface area contributed by atoms with Crippen molar-refractivity contribution in [1.82, 2.24) is 14.7 Å². The van der Waals surface area contributed by atoms with E-state index in [9.17, 15) is 68.7 Å². The summed E-state index contributed by atoms with van der Waals surface area (Å²) in [5.41, 5.74) is 0. The number of carboxylic acid groups (broad SMARTS) is 5. The fourth-order valence-corrected chi connectivity index (χ4v) is 14.1. The van der Waals surface area contributed by atoms with E-state index in [1.807, 2.05) is 0 Å². The molecule has 0 aromatic rings. The number of hydrogen-bond donors (Lipinski definition) is 5. The van der Waals surface area contributed by atoms with Crippen molar-refractivity contribution in [3.05, 3.63) is 0 Å². The lowest BCUT2D eigenvalue weighted by atomic mass is 9.94. The van der Waals surface area contributed by atoms with Crippen LogP contribution < -0.4 is 0 Å². The first-order valence-corrected chi connectivity index (χ1v) is 43.3. The summed E-state index contributed by atoms with van der Waals surface area (Å²) in [5.74, 6) is -9.37. The zero-order chi connectivity index (χ0) is 78.1. The van der Waals surface area contributed by atoms with Crippen LogP contribution in [0.25, 0.3) is 0 Å². The lowest BCUT2D eigenvalue weighted by Gasteiger charge is -2.33. The van der Waals surface area contributed by atoms with Crippen LogP contribution >= 0.6 is 0 Å². The molecule has 0 aliphatic heterocycles. The van der Waals surface area contributed by atoms with Gasteiger partial charge in [0.2, 0.25) is 0 Å². The Balaban J connectivity index is 6.44. The third kappa shape index (κ3) is 67.2. The van der Waals surface area contributed by atoms with Crippen molar-refractivity contribution in [2.75, 3.05) is 72.2 Å². The molecule has 620 valence electrons. The molecule has 21 nitrogen and oxygen atoms in total. The quantitative estimate of drug-likeness (QED) is 0.0215. The fraction of sp³-hybridized carbons (Fsp3) is 0.894. The van der Waals surface area contributed by atoms with Crippen molar-refractivity contribution in [2.45, 2.75) is 406 Å². The summed E-state index contributed by atoms with van der Waals surface area (Å²) in [6.45, 7) is 3.47. The van der Waals surface area contributed by atoms with Crippen LogP contribution in [0.2, 0.25) is 0 Å². The van der Waals surface area contributed by atoms with Gasteiger partial charge in [-0.05, 0) is 38.5 Å². The number of carbonyl (C=O) groups excluding carboxylic acids is 4. The van der Waals surface area contributed by atoms with Gasteiger partial charge in [0.1, 0.15) is 19.8 Å². The number of rotatable bonds is 83. The second-order valence-corrected chi connectivity index (χ2v) is 30.7. The second kappa shape index (κ2) is 74.2. The molecule has 0 heterocycles. The van der Waals surface area contributed by atoms with Crippen LogP contribution in [0.4, 0.5) is 0 Å². The molecule has 0 aromatic heterocycles. The molecule has 0 aromatic carbocycles. The van der Waals surface area contributed by atoms with E-state index in [0.29, 0.717) is 25.7 Å². The molecule has 0 spiro atoms. The molecule has 106 heavy (non-hydrogen) atoms. The Hall–Kier alpha value is -4.89. The average Bonchev–Trinajstić information content (AvgIpc) is 0.890. The number of aliphatic carboxylic acids is 5. The van der Waals surface area contributed by atoms with E-state index < -0.39 is 93.3 Å². The molecule has 0 amide bonds. The molecular weight excluding hydrogens is 1350 g/mol. The van der Waals surface area contributed by atoms with Gasteiger partial charge >= 0.3 is 53.7 Å². The molecular formula is C85H157N3O18. The molecule has 0 bridgehead atoms. The predicted octanol–water partition coefficient (Wildman–Crippen LogP) is 19.8. The van der Waals surface area contributed by atoms with Gasteiger partial charge in [-0.2, -0.15) is 0 Å². The highest BCUT2D eigenvalue weighted by molar-refractivity contribution is 5.75. The Labute approximate surface area is 643 Å². The summed E-state index contributed by atoms with van der Waals surface area (Å²) >= 11 is 0. The standard InChI is InChI=1S/C85H157N3O18/c1-5-9-13-17-21-25-29-33-37-41-45-50-56-73(57-51-46-42-38-34-30-26-22-18-14-10-6-2)84(101)105-72-76(106-85(102)74(58-52-47-43-39-35-31-27-23-19-15-11-7-3)59-53-48-44-40-36-32-28-24-20-16-12-8-4)71-104-83(100)61-55-49-54-60-82(99)103-70-75(88(68-80(95)96)69-81(97)98)64-86(65-77(89)90)62-63-87(66-78(91)92)67-79(93)94/h73-76H,5-72H2,1-4H3,(H,89,90)(H,91,92)(H,93,94)(H,95,96)(H,97,98). The van der Waals surface area contributed by atoms with Gasteiger partial charge in [0.25, 0.3) is 0 Å². The molecule has 2 atom stereocenters. The molecule has 0 radical (unpaired) electrons. The Morgan fingerprint density at radius 1 is 0.274 bits per heavy atom. The van der Waals surface area contributed by atoms with Gasteiger partial charge < -0.3 is 44.5 Å². The average molecular weight is 1510 g/mol. The van der Waals surface area contributed by atoms with Crippen molar-refractivity contribution < 1.29 is 87.6 Å². The van der Waals surface area contributed by atoms with Crippen molar-refractivity contribution >= 4 is 53.7 Å². The highest BCUT2D eigenvalue weighted by Gasteiger charge is 2.30. The molecule has 0 fully saturated rings. The van der Waals surface area contributed by atoms with E-state index in [1.165, 1.54) is 236 Å². The zero-order valence-electron chi connectivity index (χ0n) is 67.8. The SMILES string of the molecule is CCCCCCCCCCCCCCC(CCCCCCCCCCCCCC)C(=O)OCC(COC(=O)CCCCCC(=O)OCC(CN(CCN(CC(=O)O)CC(=O)O)CC(=O)O)N(CC(=O)O)CC(=O)O)OC(=O)C(CCCCCCCCCCCCCC)CCCCCCCCCCCCCC. The van der Waals surface area contributed by atoms with Crippen LogP contribution in [-0.4, -0.2) is 178 Å². The number of esters is 4. The van der Waals surface area contributed by atoms with Crippen LogP contribution in [0, 0.1) is 11.8 Å². The maximum atomic E-state index is 14.6. The summed E-state index contributed by atoms with van der Waals surface area (Å²) in [6.07, 6.45) is 61.1. The smallest absolute Gasteiger partial charge is 0.317 e. The van der Waals surface area contributed by atoms with Gasteiger partial charge in [-0.25, -0.2) is 0 Å². The Bertz CT molecular complexity index is 2080. The second-order valence-electron chi connectivity index (χ2n) is 30.7. The zero-order valence-corrected chi connectivity index (χ0v) is 67.8. The highest BCUT2D eigenvalue weighted by Crippen LogP contribution is 2.26. The Kier molecular flexibility index (Phi) is 70.8. The van der Waals surface area contributed by atoms with Gasteiger partial charge in [-0.15, -0.1) is 0 Å². The maximum absolute atomic E-state index is 14.6. The first-order chi connectivity index (χ1) is 51.3. The number of carbonyl (C=O) groups is 9. The van der Waals surface area contributed by atoms with Crippen LogP contribution in [-0.2, 0) is 62.1 Å². The topological polar surface area (TPSA) is 301 Å². The van der Waals surface area contributed by atoms with Gasteiger partial charge in [0, 0.05) is 32.5 Å². The molecule has 0 aliphatic rings. The van der Waals surface area contributed by atoms with Crippen molar-refractivity contribution in [3.8, 4) is 0 Å². The summed E-state index contributed by atoms with van der Waals surface area (Å²) < 4.78 is 23.9. The number of hydrogen-bond acceptors (Lipinski definition) is 16. The molecule has 0 saturated carbocycles. The van der Waals surface area contributed by atoms with Crippen molar-refractivity contribution in [3.63, 3.8) is 0 Å². The van der Waals surface area contributed by atoms with Gasteiger partial charge in [-0.1, -0.05) is 342 Å². The number of unbranched alkanes of at least 4 members (excludes halogenated alkanes) is 46. The Morgan fingerprint density at radius 2 is 0.519 bits per heavy atom. The highest BCUT2D eigenvalue weighted by atomic mass is 16.6. The van der Waals surface area contributed by atoms with Crippen LogP contribution in [0.1, 0.15) is 394 Å². The minimum atomic E-state index is -1.41. The summed E-state index contributed by atoms with van der Waals surface area (Å²) in [6, 6.07) is -1.18. The molecule has 0 saturated heterocycles. The van der Waals surface area contributed by atoms with E-state index in [-0.39, 0.29) is 75.9 Å². The number of ether oxygens (including phenoxy) is 4. The summed E-state index contributed by atoms with van der Waals surface area (Å²) in [4.78, 5) is 118. The van der Waals surface area contributed by atoms with E-state index in [2.05, 4.69) is 27.7 Å². The molecule has 2 unspecified atom stereocenters. The van der Waals surface area contributed by atoms with E-state index >= 15 is 0 Å². The minimum Gasteiger partial charge on any atom is -0.480 e. The normalized spacial score (nSPS) is 12.2. The molecule has 21 heteroatoms. The molecule has 0 rings (SSSR count). The fourth-order valence-electron chi connectivity index (χ4n) is 14.1. The van der Waals surface area contributed by atoms with Gasteiger partial charge in [-0.3, -0.25) is 57.9 Å². The number of carboxylic acids is 5. The van der Waals surface area contributed by atoms with Crippen molar-refractivity contribution in [1.29, 1.82) is 0 Å². The predicted molar refractivity (Wildman–Crippen MR) is 422 cm³/mol. The van der Waals surface area contributed by atoms with Crippen LogP contribution in [0.3, 0.4) is 0 Å². The van der Waals surface area contributed by atoms with E-state index in [1.54, 1.807) is 0 Å². The third-order valence-electron chi connectivity index (χ3n) is 20.6. The van der Waals surface area contributed by atoms with Crippen LogP contribution in [0.15, 0.2) is 0 Å². The first-order valence-electron chi connectivity index (χ1n) is 43.3. The minimum absolute atomic E-state index is 0.0343. The summed E-state index contributed by atoms with van der Waals surface area (Å²) in [7, 11) is 0. The monoisotopic (exact) mass is 1510 g/mol. The molecule has 0 aliphatic carbocycles.